The first kappa shape index (κ1) is 14.2. The molecule has 1 saturated heterocycles. The van der Waals surface area contributed by atoms with E-state index in [0.717, 1.165) is 31.0 Å². The first-order chi connectivity index (χ1) is 9.45. The Morgan fingerprint density at radius 3 is 2.65 bits per heavy atom. The van der Waals surface area contributed by atoms with Gasteiger partial charge in [0.05, 0.1) is 16.7 Å². The predicted octanol–water partition coefficient (Wildman–Crippen LogP) is 3.00. The molecule has 1 aromatic rings. The molecule has 0 bridgehead atoms. The van der Waals surface area contributed by atoms with Gasteiger partial charge in [0.2, 0.25) is 0 Å². The first-order valence-electron chi connectivity index (χ1n) is 6.46. The van der Waals surface area contributed by atoms with E-state index in [1.54, 1.807) is 4.90 Å². The fraction of sp³-hybridized carbons (Fsp3) is 0.462. The highest BCUT2D eigenvalue weighted by atomic mass is 19.1. The molecule has 6 nitrogen and oxygen atoms in total. The number of urea groups is 1. The third kappa shape index (κ3) is 3.43. The molecule has 0 aromatic heterocycles. The lowest BCUT2D eigenvalue weighted by atomic mass is 10.00. The van der Waals surface area contributed by atoms with Crippen LogP contribution in [0.3, 0.4) is 0 Å². The Balaban J connectivity index is 2.06. The summed E-state index contributed by atoms with van der Waals surface area (Å²) >= 11 is 0. The van der Waals surface area contributed by atoms with Gasteiger partial charge in [-0.05, 0) is 24.8 Å². The lowest BCUT2D eigenvalue weighted by Gasteiger charge is -2.30. The highest BCUT2D eigenvalue weighted by molar-refractivity contribution is 5.89. The van der Waals surface area contributed by atoms with Crippen molar-refractivity contribution in [2.24, 2.45) is 5.92 Å². The van der Waals surface area contributed by atoms with Gasteiger partial charge in [-0.1, -0.05) is 6.92 Å². The number of nitrogens with zero attached hydrogens (tertiary/aromatic N) is 2. The van der Waals surface area contributed by atoms with Gasteiger partial charge in [-0.15, -0.1) is 0 Å². The Kier molecular flexibility index (Phi) is 4.16. The van der Waals surface area contributed by atoms with Crippen molar-refractivity contribution < 1.29 is 14.1 Å². The van der Waals surface area contributed by atoms with E-state index in [-0.39, 0.29) is 17.4 Å². The van der Waals surface area contributed by atoms with Crippen LogP contribution in [0.5, 0.6) is 0 Å². The molecule has 1 N–H and O–H groups in total. The number of piperidine rings is 1. The van der Waals surface area contributed by atoms with E-state index >= 15 is 0 Å². The van der Waals surface area contributed by atoms with Crippen molar-refractivity contribution in [2.75, 3.05) is 18.4 Å². The number of benzene rings is 1. The standard InChI is InChI=1S/C13H16FN3O3/c1-9-2-4-16(5-3-9)13(18)15-11-6-10(14)7-12(8-11)17(19)20/h6-9H,2-5H2,1H3,(H,15,18). The van der Waals surface area contributed by atoms with Gasteiger partial charge < -0.3 is 10.2 Å². The largest absolute Gasteiger partial charge is 0.325 e. The number of rotatable bonds is 2. The van der Waals surface area contributed by atoms with Gasteiger partial charge in [-0.2, -0.15) is 0 Å². The fourth-order valence-corrected chi connectivity index (χ4v) is 2.17. The predicted molar refractivity (Wildman–Crippen MR) is 72.0 cm³/mol. The van der Waals surface area contributed by atoms with E-state index < -0.39 is 10.7 Å². The molecule has 2 amide bonds. The molecule has 7 heteroatoms. The minimum atomic E-state index is -0.748. The number of carbonyl (C=O) groups is 1. The van der Waals surface area contributed by atoms with E-state index in [2.05, 4.69) is 12.2 Å². The van der Waals surface area contributed by atoms with Gasteiger partial charge in [-0.25, -0.2) is 9.18 Å². The third-order valence-electron chi connectivity index (χ3n) is 3.42. The van der Waals surface area contributed by atoms with Crippen LogP contribution < -0.4 is 5.32 Å². The summed E-state index contributed by atoms with van der Waals surface area (Å²) in [5.41, 5.74) is -0.284. The van der Waals surface area contributed by atoms with Crippen molar-refractivity contribution in [3.63, 3.8) is 0 Å². The maximum atomic E-state index is 13.3. The van der Waals surface area contributed by atoms with Gasteiger partial charge in [-0.3, -0.25) is 10.1 Å². The summed E-state index contributed by atoms with van der Waals surface area (Å²) in [5, 5.41) is 13.1. The monoisotopic (exact) mass is 281 g/mol. The van der Waals surface area contributed by atoms with Crippen LogP contribution in [-0.4, -0.2) is 28.9 Å². The number of amides is 2. The molecular weight excluding hydrogens is 265 g/mol. The molecule has 0 radical (unpaired) electrons. The van der Waals surface area contributed by atoms with Crippen LogP contribution in [-0.2, 0) is 0 Å². The summed E-state index contributed by atoms with van der Waals surface area (Å²) < 4.78 is 13.3. The topological polar surface area (TPSA) is 75.5 Å². The number of non-ortho nitro benzene ring substituents is 1. The van der Waals surface area contributed by atoms with Crippen LogP contribution in [0, 0.1) is 21.8 Å². The number of nitrogens with one attached hydrogen (secondary N) is 1. The average Bonchev–Trinajstić information content (AvgIpc) is 2.38. The number of halogens is 1. The van der Waals surface area contributed by atoms with Crippen molar-refractivity contribution in [2.45, 2.75) is 19.8 Å². The van der Waals surface area contributed by atoms with E-state index in [0.29, 0.717) is 19.0 Å². The molecule has 0 spiro atoms. The van der Waals surface area contributed by atoms with Gasteiger partial charge >= 0.3 is 6.03 Å². The number of carbonyl (C=O) groups excluding carboxylic acids is 1. The summed E-state index contributed by atoms with van der Waals surface area (Å²) in [6, 6.07) is 2.68. The summed E-state index contributed by atoms with van der Waals surface area (Å²) in [7, 11) is 0. The Labute approximate surface area is 115 Å². The normalized spacial score (nSPS) is 16.0. The summed E-state index contributed by atoms with van der Waals surface area (Å²) in [5.74, 6) is -0.156. The Morgan fingerprint density at radius 2 is 2.05 bits per heavy atom. The smallest absolute Gasteiger partial charge is 0.321 e. The van der Waals surface area contributed by atoms with Crippen LogP contribution in [0.1, 0.15) is 19.8 Å². The van der Waals surface area contributed by atoms with Gasteiger partial charge in [0.15, 0.2) is 0 Å². The van der Waals surface area contributed by atoms with Gasteiger partial charge in [0.25, 0.3) is 5.69 Å². The lowest BCUT2D eigenvalue weighted by molar-refractivity contribution is -0.385. The molecule has 1 aliphatic heterocycles. The molecule has 1 heterocycles. The molecule has 0 unspecified atom stereocenters. The van der Waals surface area contributed by atoms with Crippen LogP contribution in [0.25, 0.3) is 0 Å². The molecule has 2 rings (SSSR count). The number of nitro groups is 1. The summed E-state index contributed by atoms with van der Waals surface area (Å²) in [6.45, 7) is 3.42. The minimum absolute atomic E-state index is 0.0975. The van der Waals surface area contributed by atoms with E-state index in [4.69, 9.17) is 0 Å². The number of anilines is 1. The molecule has 20 heavy (non-hydrogen) atoms. The second kappa shape index (κ2) is 5.85. The number of nitro benzene ring substituents is 1. The van der Waals surface area contributed by atoms with Crippen LogP contribution >= 0.6 is 0 Å². The number of hydrogen-bond acceptors (Lipinski definition) is 3. The Morgan fingerprint density at radius 1 is 1.40 bits per heavy atom. The molecule has 108 valence electrons. The average molecular weight is 281 g/mol. The van der Waals surface area contributed by atoms with Crippen molar-refractivity contribution in [3.05, 3.63) is 34.1 Å². The van der Waals surface area contributed by atoms with Gasteiger partial charge in [0.1, 0.15) is 5.82 Å². The highest BCUT2D eigenvalue weighted by Crippen LogP contribution is 2.21. The maximum absolute atomic E-state index is 13.3. The molecule has 0 saturated carbocycles. The van der Waals surface area contributed by atoms with Crippen molar-refractivity contribution in [1.82, 2.24) is 4.90 Å². The van der Waals surface area contributed by atoms with Gasteiger partial charge in [0, 0.05) is 19.2 Å². The van der Waals surface area contributed by atoms with Crippen molar-refractivity contribution >= 4 is 17.4 Å². The SMILES string of the molecule is CC1CCN(C(=O)Nc2cc(F)cc([N+](=O)[O-])c2)CC1. The molecular formula is C13H16FN3O3. The quantitative estimate of drug-likeness (QED) is 0.668. The van der Waals surface area contributed by atoms with E-state index in [1.165, 1.54) is 0 Å². The van der Waals surface area contributed by atoms with Crippen LogP contribution in [0.2, 0.25) is 0 Å². The molecule has 1 aromatic carbocycles. The minimum Gasteiger partial charge on any atom is -0.325 e. The fourth-order valence-electron chi connectivity index (χ4n) is 2.17. The summed E-state index contributed by atoms with van der Waals surface area (Å²) in [4.78, 5) is 23.6. The number of hydrogen-bond donors (Lipinski definition) is 1. The maximum Gasteiger partial charge on any atom is 0.321 e. The van der Waals surface area contributed by atoms with Crippen molar-refractivity contribution in [3.8, 4) is 0 Å². The molecule has 1 aliphatic rings. The van der Waals surface area contributed by atoms with E-state index in [9.17, 15) is 19.3 Å². The zero-order chi connectivity index (χ0) is 14.7. The molecule has 0 aliphatic carbocycles. The van der Waals surface area contributed by atoms with Crippen molar-refractivity contribution in [1.29, 1.82) is 0 Å². The second-order valence-corrected chi connectivity index (χ2v) is 5.05. The number of likely N-dealkylation sites (tertiary alicyclic amines) is 1. The van der Waals surface area contributed by atoms with Crippen LogP contribution in [0.15, 0.2) is 18.2 Å². The Bertz CT molecular complexity index is 528. The first-order valence-corrected chi connectivity index (χ1v) is 6.46. The highest BCUT2D eigenvalue weighted by Gasteiger charge is 2.21. The zero-order valence-electron chi connectivity index (χ0n) is 11.1. The van der Waals surface area contributed by atoms with E-state index in [1.807, 2.05) is 0 Å². The third-order valence-corrected chi connectivity index (χ3v) is 3.42. The second-order valence-electron chi connectivity index (χ2n) is 5.05. The zero-order valence-corrected chi connectivity index (χ0v) is 11.1. The lowest BCUT2D eigenvalue weighted by Crippen LogP contribution is -2.40. The Hall–Kier alpha value is -2.18. The molecule has 1 fully saturated rings. The summed E-state index contributed by atoms with van der Waals surface area (Å²) in [6.07, 6.45) is 1.85. The van der Waals surface area contributed by atoms with Crippen LogP contribution in [0.4, 0.5) is 20.6 Å². The molecule has 0 atom stereocenters.